The predicted octanol–water partition coefficient (Wildman–Crippen LogP) is 3.80. The molecule has 9 heteroatoms. The van der Waals surface area contributed by atoms with E-state index in [1.54, 1.807) is 0 Å². The Kier molecular flexibility index (Phi) is 5.33. The molecule has 0 bridgehead atoms. The number of piperidine rings is 1. The van der Waals surface area contributed by atoms with E-state index in [1.807, 2.05) is 0 Å². The molecule has 1 aromatic carbocycles. The maximum atomic E-state index is 12.5. The average Bonchev–Trinajstić information content (AvgIpc) is 3.02. The van der Waals surface area contributed by atoms with E-state index in [1.165, 1.54) is 30.6 Å². The minimum atomic E-state index is -4.42. The molecule has 0 radical (unpaired) electrons. The summed E-state index contributed by atoms with van der Waals surface area (Å²) in [5, 5.41) is 11.7. The van der Waals surface area contributed by atoms with Crippen LogP contribution in [0.3, 0.4) is 0 Å². The molecular formula is C16H17F3N4OS. The number of nitrogens with zero attached hydrogens (tertiary/aromatic N) is 3. The first-order chi connectivity index (χ1) is 11.9. The van der Waals surface area contributed by atoms with Crippen LogP contribution in [0, 0.1) is 0 Å². The van der Waals surface area contributed by atoms with Crippen LogP contribution in [0.15, 0.2) is 24.3 Å². The van der Waals surface area contributed by atoms with E-state index in [0.29, 0.717) is 11.7 Å². The van der Waals surface area contributed by atoms with Gasteiger partial charge in [0, 0.05) is 5.56 Å². The van der Waals surface area contributed by atoms with Gasteiger partial charge in [-0.2, -0.15) is 13.2 Å². The molecule has 1 aliphatic heterocycles. The topological polar surface area (TPSA) is 58.1 Å². The summed E-state index contributed by atoms with van der Waals surface area (Å²) in [5.74, 6) is -0.505. The number of anilines is 1. The van der Waals surface area contributed by atoms with Gasteiger partial charge in [-0.05, 0) is 50.2 Å². The zero-order chi connectivity index (χ0) is 17.9. The molecule has 25 heavy (non-hydrogen) atoms. The van der Waals surface area contributed by atoms with Gasteiger partial charge in [-0.25, -0.2) is 0 Å². The van der Waals surface area contributed by atoms with Crippen LogP contribution < -0.4 is 5.32 Å². The highest BCUT2D eigenvalue weighted by Gasteiger charge is 2.30. The van der Waals surface area contributed by atoms with Crippen LogP contribution in [0.4, 0.5) is 18.3 Å². The number of halogens is 3. The Hall–Kier alpha value is -2.00. The summed E-state index contributed by atoms with van der Waals surface area (Å²) in [6, 6.07) is 4.06. The normalized spacial score (nSPS) is 16.0. The van der Waals surface area contributed by atoms with Crippen molar-refractivity contribution in [1.82, 2.24) is 15.1 Å². The van der Waals surface area contributed by atoms with E-state index in [9.17, 15) is 18.0 Å². The zero-order valence-corrected chi connectivity index (χ0v) is 14.2. The lowest BCUT2D eigenvalue weighted by Gasteiger charge is -2.24. The molecule has 1 saturated heterocycles. The summed E-state index contributed by atoms with van der Waals surface area (Å²) in [5.41, 5.74) is -0.649. The van der Waals surface area contributed by atoms with Gasteiger partial charge in [0.25, 0.3) is 5.91 Å². The van der Waals surface area contributed by atoms with Crippen molar-refractivity contribution in [2.24, 2.45) is 0 Å². The lowest BCUT2D eigenvalue weighted by atomic mass is 10.1. The summed E-state index contributed by atoms with van der Waals surface area (Å²) in [7, 11) is 0. The van der Waals surface area contributed by atoms with Crippen molar-refractivity contribution >= 4 is 22.4 Å². The fourth-order valence-corrected chi connectivity index (χ4v) is 3.43. The van der Waals surface area contributed by atoms with Gasteiger partial charge in [0.15, 0.2) is 0 Å². The van der Waals surface area contributed by atoms with Crippen LogP contribution in [0.5, 0.6) is 0 Å². The SMILES string of the molecule is O=C(Nc1nnc(CN2CCCCC2)s1)c1ccc(C(F)(F)F)cc1. The van der Waals surface area contributed by atoms with Gasteiger partial charge in [0.1, 0.15) is 5.01 Å². The van der Waals surface area contributed by atoms with Crippen molar-refractivity contribution in [2.45, 2.75) is 32.0 Å². The average molecular weight is 370 g/mol. The number of alkyl halides is 3. The van der Waals surface area contributed by atoms with Crippen molar-refractivity contribution in [3.63, 3.8) is 0 Å². The van der Waals surface area contributed by atoms with E-state index < -0.39 is 17.6 Å². The fraction of sp³-hybridized carbons (Fsp3) is 0.438. The predicted molar refractivity (Wildman–Crippen MR) is 88.4 cm³/mol. The van der Waals surface area contributed by atoms with Crippen LogP contribution in [0.1, 0.15) is 40.2 Å². The van der Waals surface area contributed by atoms with Crippen molar-refractivity contribution in [2.75, 3.05) is 18.4 Å². The second-order valence-corrected chi connectivity index (χ2v) is 6.93. The number of hydrogen-bond donors (Lipinski definition) is 1. The highest BCUT2D eigenvalue weighted by Crippen LogP contribution is 2.29. The Balaban J connectivity index is 1.59. The zero-order valence-electron chi connectivity index (χ0n) is 13.3. The molecule has 0 saturated carbocycles. The lowest BCUT2D eigenvalue weighted by molar-refractivity contribution is -0.137. The molecule has 134 valence electrons. The number of nitrogens with one attached hydrogen (secondary N) is 1. The Bertz CT molecular complexity index is 724. The summed E-state index contributed by atoms with van der Waals surface area (Å²) >= 11 is 1.28. The van der Waals surface area contributed by atoms with E-state index >= 15 is 0 Å². The number of benzene rings is 1. The largest absolute Gasteiger partial charge is 0.416 e. The molecule has 0 aliphatic carbocycles. The molecule has 1 N–H and O–H groups in total. The molecule has 5 nitrogen and oxygen atoms in total. The van der Waals surface area contributed by atoms with Crippen LogP contribution in [-0.2, 0) is 12.7 Å². The number of likely N-dealkylation sites (tertiary alicyclic amines) is 1. The molecule has 0 atom stereocenters. The molecule has 2 heterocycles. The van der Waals surface area contributed by atoms with Gasteiger partial charge in [0.05, 0.1) is 12.1 Å². The molecule has 3 rings (SSSR count). The lowest BCUT2D eigenvalue weighted by Crippen LogP contribution is -2.28. The molecule has 1 aliphatic rings. The van der Waals surface area contributed by atoms with Gasteiger partial charge < -0.3 is 0 Å². The monoisotopic (exact) mass is 370 g/mol. The van der Waals surface area contributed by atoms with E-state index in [4.69, 9.17) is 0 Å². The van der Waals surface area contributed by atoms with Gasteiger partial charge in [-0.1, -0.05) is 17.8 Å². The first kappa shape index (κ1) is 17.8. The Morgan fingerprint density at radius 3 is 2.44 bits per heavy atom. The van der Waals surface area contributed by atoms with Gasteiger partial charge in [0.2, 0.25) is 5.13 Å². The second kappa shape index (κ2) is 7.49. The number of rotatable bonds is 4. The summed E-state index contributed by atoms with van der Waals surface area (Å²) < 4.78 is 37.6. The third-order valence-corrected chi connectivity index (χ3v) is 4.79. The van der Waals surface area contributed by atoms with E-state index in [2.05, 4.69) is 20.4 Å². The first-order valence-corrected chi connectivity index (χ1v) is 8.77. The third kappa shape index (κ3) is 4.76. The van der Waals surface area contributed by atoms with Crippen molar-refractivity contribution in [3.05, 3.63) is 40.4 Å². The van der Waals surface area contributed by atoms with Gasteiger partial charge in [-0.15, -0.1) is 10.2 Å². The number of aromatic nitrogens is 2. The standard InChI is InChI=1S/C16H17F3N4OS/c17-16(18,19)12-6-4-11(5-7-12)14(24)20-15-22-21-13(25-15)10-23-8-2-1-3-9-23/h4-7H,1-3,8-10H2,(H,20,22,24). The summed E-state index contributed by atoms with van der Waals surface area (Å²) in [6.07, 6.45) is -0.814. The quantitative estimate of drug-likeness (QED) is 0.890. The second-order valence-electron chi connectivity index (χ2n) is 5.87. The summed E-state index contributed by atoms with van der Waals surface area (Å²) in [4.78, 5) is 14.4. The number of carbonyl (C=O) groups is 1. The first-order valence-electron chi connectivity index (χ1n) is 7.95. The van der Waals surface area contributed by atoms with Crippen LogP contribution in [0.2, 0.25) is 0 Å². The van der Waals surface area contributed by atoms with Crippen molar-refractivity contribution < 1.29 is 18.0 Å². The Labute approximate surface area is 146 Å². The smallest absolute Gasteiger partial charge is 0.297 e. The maximum absolute atomic E-state index is 12.5. The molecule has 1 amide bonds. The molecular weight excluding hydrogens is 353 g/mol. The van der Waals surface area contributed by atoms with Crippen molar-refractivity contribution in [1.29, 1.82) is 0 Å². The molecule has 1 fully saturated rings. The van der Waals surface area contributed by atoms with E-state index in [-0.39, 0.29) is 5.56 Å². The molecule has 0 spiro atoms. The number of amides is 1. The highest BCUT2D eigenvalue weighted by atomic mass is 32.1. The van der Waals surface area contributed by atoms with Gasteiger partial charge in [-0.3, -0.25) is 15.0 Å². The van der Waals surface area contributed by atoms with Crippen LogP contribution in [0.25, 0.3) is 0 Å². The minimum absolute atomic E-state index is 0.140. The van der Waals surface area contributed by atoms with Gasteiger partial charge >= 0.3 is 6.18 Å². The summed E-state index contributed by atoms with van der Waals surface area (Å²) in [6.45, 7) is 2.77. The van der Waals surface area contributed by atoms with Crippen LogP contribution >= 0.6 is 11.3 Å². The minimum Gasteiger partial charge on any atom is -0.297 e. The Morgan fingerprint density at radius 2 is 1.80 bits per heavy atom. The van der Waals surface area contributed by atoms with Crippen molar-refractivity contribution in [3.8, 4) is 0 Å². The molecule has 0 unspecified atom stereocenters. The maximum Gasteiger partial charge on any atom is 0.416 e. The fourth-order valence-electron chi connectivity index (χ4n) is 2.66. The number of carbonyl (C=O) groups excluding carboxylic acids is 1. The molecule has 1 aromatic heterocycles. The Morgan fingerprint density at radius 1 is 1.12 bits per heavy atom. The number of hydrogen-bond acceptors (Lipinski definition) is 5. The third-order valence-electron chi connectivity index (χ3n) is 3.97. The highest BCUT2D eigenvalue weighted by molar-refractivity contribution is 7.15. The van der Waals surface area contributed by atoms with Crippen LogP contribution in [-0.4, -0.2) is 34.1 Å². The van der Waals surface area contributed by atoms with E-state index in [0.717, 1.165) is 42.4 Å². The molecule has 2 aromatic rings.